The molecule has 8 nitrogen and oxygen atoms in total. The number of para-hydroxylation sites is 1. The van der Waals surface area contributed by atoms with Gasteiger partial charge in [-0.15, -0.1) is 0 Å². The Labute approximate surface area is 215 Å². The van der Waals surface area contributed by atoms with Gasteiger partial charge in [-0.2, -0.15) is 0 Å². The maximum atomic E-state index is 13.5. The van der Waals surface area contributed by atoms with Crippen molar-refractivity contribution in [3.8, 4) is 5.69 Å². The van der Waals surface area contributed by atoms with Crippen molar-refractivity contribution in [2.75, 3.05) is 13.1 Å². The number of nitrogens with zero attached hydrogens (tertiary/aromatic N) is 5. The van der Waals surface area contributed by atoms with Crippen molar-refractivity contribution in [1.29, 1.82) is 0 Å². The lowest BCUT2D eigenvalue weighted by Crippen LogP contribution is -2.51. The van der Waals surface area contributed by atoms with E-state index >= 15 is 0 Å². The van der Waals surface area contributed by atoms with Crippen molar-refractivity contribution >= 4 is 16.9 Å². The van der Waals surface area contributed by atoms with Crippen molar-refractivity contribution in [2.24, 2.45) is 5.92 Å². The van der Waals surface area contributed by atoms with Crippen molar-refractivity contribution in [3.63, 3.8) is 0 Å². The summed E-state index contributed by atoms with van der Waals surface area (Å²) in [6.07, 6.45) is 12.5. The van der Waals surface area contributed by atoms with Gasteiger partial charge in [-0.25, -0.2) is 4.98 Å². The predicted octanol–water partition coefficient (Wildman–Crippen LogP) is 3.77. The number of fused-ring (bicyclic) bond motifs is 1. The summed E-state index contributed by atoms with van der Waals surface area (Å²) in [5.41, 5.74) is 0.326. The zero-order chi connectivity index (χ0) is 25.4. The number of rotatable bonds is 5. The van der Waals surface area contributed by atoms with E-state index in [0.717, 1.165) is 31.4 Å². The van der Waals surface area contributed by atoms with E-state index in [2.05, 4.69) is 21.9 Å². The maximum Gasteiger partial charge on any atom is 0.262 e. The van der Waals surface area contributed by atoms with E-state index in [1.165, 1.54) is 10.9 Å². The molecule has 1 saturated heterocycles. The van der Waals surface area contributed by atoms with Crippen molar-refractivity contribution in [3.05, 3.63) is 83.8 Å². The minimum absolute atomic E-state index is 0.0183. The highest BCUT2D eigenvalue weighted by atomic mass is 16.3. The molecule has 0 bridgehead atoms. The zero-order valence-corrected chi connectivity index (χ0v) is 20.9. The van der Waals surface area contributed by atoms with E-state index < -0.39 is 5.60 Å². The molecular formula is C29H33N5O3. The fraction of sp³-hybridized carbons (Fsp3) is 0.414. The Kier molecular flexibility index (Phi) is 6.20. The molecule has 1 saturated carbocycles. The van der Waals surface area contributed by atoms with Crippen molar-refractivity contribution in [1.82, 2.24) is 23.6 Å². The number of hydrogen-bond donors (Lipinski definition) is 1. The third-order valence-corrected chi connectivity index (χ3v) is 8.23. The summed E-state index contributed by atoms with van der Waals surface area (Å²) in [5.74, 6) is 0.179. The Morgan fingerprint density at radius 2 is 1.70 bits per heavy atom. The Hall–Kier alpha value is -3.65. The predicted molar refractivity (Wildman–Crippen MR) is 142 cm³/mol. The molecule has 0 spiro atoms. The first-order valence-corrected chi connectivity index (χ1v) is 13.3. The molecule has 0 radical (unpaired) electrons. The quantitative estimate of drug-likeness (QED) is 0.453. The van der Waals surface area contributed by atoms with Crippen LogP contribution in [0.3, 0.4) is 0 Å². The van der Waals surface area contributed by atoms with Gasteiger partial charge in [0.15, 0.2) is 5.65 Å². The van der Waals surface area contributed by atoms with Gasteiger partial charge in [-0.05, 0) is 56.0 Å². The normalized spacial score (nSPS) is 21.8. The fourth-order valence-corrected chi connectivity index (χ4v) is 6.14. The van der Waals surface area contributed by atoms with Gasteiger partial charge in [0.1, 0.15) is 6.33 Å². The van der Waals surface area contributed by atoms with Gasteiger partial charge < -0.3 is 19.1 Å². The molecule has 6 rings (SSSR count). The summed E-state index contributed by atoms with van der Waals surface area (Å²) in [6.45, 7) is 1.17. The number of carbonyl (C=O) groups is 1. The number of benzene rings is 1. The third-order valence-electron chi connectivity index (χ3n) is 8.23. The number of piperidine rings is 1. The maximum absolute atomic E-state index is 13.5. The molecule has 1 aliphatic heterocycles. The molecule has 3 aromatic heterocycles. The van der Waals surface area contributed by atoms with E-state index in [0.29, 0.717) is 37.0 Å². The minimum atomic E-state index is -1.05. The van der Waals surface area contributed by atoms with Crippen LogP contribution in [0.25, 0.3) is 16.7 Å². The van der Waals surface area contributed by atoms with Crippen LogP contribution < -0.4 is 5.56 Å². The SMILES string of the molecule is O=C([C@H]1CCCC[C@@H]1n1cccc1)N1CCC(O)(Cn2cnc3c(ccn3-c3ccccc3)c2=O)CC1. The van der Waals surface area contributed by atoms with E-state index in [1.54, 1.807) is 6.07 Å². The minimum Gasteiger partial charge on any atom is -0.388 e. The first-order chi connectivity index (χ1) is 18.0. The van der Waals surface area contributed by atoms with E-state index in [1.807, 2.05) is 58.1 Å². The van der Waals surface area contributed by atoms with Gasteiger partial charge in [0.2, 0.25) is 5.91 Å². The van der Waals surface area contributed by atoms with Crippen LogP contribution in [0, 0.1) is 5.92 Å². The summed E-state index contributed by atoms with van der Waals surface area (Å²) >= 11 is 0. The highest BCUT2D eigenvalue weighted by Gasteiger charge is 2.39. The van der Waals surface area contributed by atoms with Gasteiger partial charge in [0.25, 0.3) is 5.56 Å². The van der Waals surface area contributed by atoms with Crippen LogP contribution in [-0.2, 0) is 11.3 Å². The standard InChI is InChI=1S/C29H33N5O3/c35-27(23-10-4-5-11-25(23)31-15-6-7-16-31)32-18-13-29(37,14-19-32)20-33-21-30-26-24(28(33)36)12-17-34(26)22-8-2-1-3-9-22/h1-3,6-9,12,15-17,21,23,25,37H,4-5,10-11,13-14,18-20H2/t23-,25-/m0/s1. The molecule has 37 heavy (non-hydrogen) atoms. The lowest BCUT2D eigenvalue weighted by Gasteiger charge is -2.41. The number of carbonyl (C=O) groups excluding carboxylic acids is 1. The third kappa shape index (κ3) is 4.50. The van der Waals surface area contributed by atoms with Gasteiger partial charge in [-0.3, -0.25) is 14.2 Å². The number of amides is 1. The van der Waals surface area contributed by atoms with Crippen LogP contribution in [0.4, 0.5) is 0 Å². The first-order valence-electron chi connectivity index (χ1n) is 13.3. The topological polar surface area (TPSA) is 85.3 Å². The van der Waals surface area contributed by atoms with Crippen LogP contribution in [0.5, 0.6) is 0 Å². The van der Waals surface area contributed by atoms with Crippen LogP contribution in [-0.4, -0.2) is 53.3 Å². The number of aromatic nitrogens is 4. The second kappa shape index (κ2) is 9.67. The highest BCUT2D eigenvalue weighted by molar-refractivity contribution is 5.79. The van der Waals surface area contributed by atoms with Crippen molar-refractivity contribution in [2.45, 2.75) is 56.7 Å². The lowest BCUT2D eigenvalue weighted by molar-refractivity contribution is -0.142. The first kappa shape index (κ1) is 23.7. The van der Waals surface area contributed by atoms with Gasteiger partial charge in [0.05, 0.1) is 23.4 Å². The molecule has 2 atom stereocenters. The second-order valence-corrected chi connectivity index (χ2v) is 10.6. The molecule has 8 heteroatoms. The summed E-state index contributed by atoms with van der Waals surface area (Å²) in [6, 6.07) is 15.8. The molecule has 1 aromatic carbocycles. The lowest BCUT2D eigenvalue weighted by atomic mass is 9.82. The average molecular weight is 500 g/mol. The van der Waals surface area contributed by atoms with Crippen molar-refractivity contribution < 1.29 is 9.90 Å². The fourth-order valence-electron chi connectivity index (χ4n) is 6.14. The molecule has 1 amide bonds. The van der Waals surface area contributed by atoms with E-state index in [-0.39, 0.29) is 30.0 Å². The smallest absolute Gasteiger partial charge is 0.262 e. The highest BCUT2D eigenvalue weighted by Crippen LogP contribution is 2.36. The Morgan fingerprint density at radius 3 is 2.46 bits per heavy atom. The molecule has 192 valence electrons. The Balaban J connectivity index is 1.15. The van der Waals surface area contributed by atoms with Crippen LogP contribution >= 0.6 is 0 Å². The van der Waals surface area contributed by atoms with Gasteiger partial charge >= 0.3 is 0 Å². The molecule has 0 unspecified atom stereocenters. The monoisotopic (exact) mass is 499 g/mol. The number of likely N-dealkylation sites (tertiary alicyclic amines) is 1. The van der Waals surface area contributed by atoms with Gasteiger partial charge in [-0.1, -0.05) is 31.0 Å². The molecule has 1 aliphatic carbocycles. The largest absolute Gasteiger partial charge is 0.388 e. The molecule has 2 fully saturated rings. The number of hydrogen-bond acceptors (Lipinski definition) is 4. The Morgan fingerprint density at radius 1 is 0.973 bits per heavy atom. The Bertz CT molecular complexity index is 1430. The molecular weight excluding hydrogens is 466 g/mol. The zero-order valence-electron chi connectivity index (χ0n) is 20.9. The van der Waals surface area contributed by atoms with E-state index in [4.69, 9.17) is 0 Å². The molecule has 4 heterocycles. The average Bonchev–Trinajstić information content (AvgIpc) is 3.62. The van der Waals surface area contributed by atoms with Crippen LogP contribution in [0.1, 0.15) is 44.6 Å². The van der Waals surface area contributed by atoms with Crippen LogP contribution in [0.15, 0.2) is 78.2 Å². The van der Waals surface area contributed by atoms with Crippen LogP contribution in [0.2, 0.25) is 0 Å². The van der Waals surface area contributed by atoms with E-state index in [9.17, 15) is 14.7 Å². The summed E-state index contributed by atoms with van der Waals surface area (Å²) in [7, 11) is 0. The molecule has 4 aromatic rings. The summed E-state index contributed by atoms with van der Waals surface area (Å²) < 4.78 is 5.59. The second-order valence-electron chi connectivity index (χ2n) is 10.6. The number of aliphatic hydroxyl groups is 1. The molecule has 2 aliphatic rings. The molecule has 1 N–H and O–H groups in total. The van der Waals surface area contributed by atoms with Gasteiger partial charge in [0, 0.05) is 43.4 Å². The summed E-state index contributed by atoms with van der Waals surface area (Å²) in [4.78, 5) is 33.2. The summed E-state index contributed by atoms with van der Waals surface area (Å²) in [5, 5.41) is 11.9.